The lowest BCUT2D eigenvalue weighted by molar-refractivity contribution is 0.0833. The summed E-state index contributed by atoms with van der Waals surface area (Å²) in [6.07, 6.45) is 7.56. The molecule has 0 radical (unpaired) electrons. The number of ketones is 1. The van der Waals surface area contributed by atoms with Crippen molar-refractivity contribution in [1.29, 1.82) is 0 Å². The van der Waals surface area contributed by atoms with Gasteiger partial charge in [0.2, 0.25) is 5.88 Å². The van der Waals surface area contributed by atoms with Crippen molar-refractivity contribution < 1.29 is 14.3 Å². The average molecular weight is 381 g/mol. The largest absolute Gasteiger partial charge is 0.474 e. The van der Waals surface area contributed by atoms with Gasteiger partial charge in [-0.15, -0.1) is 0 Å². The molecule has 28 heavy (non-hydrogen) atoms. The van der Waals surface area contributed by atoms with Crippen molar-refractivity contribution in [3.8, 4) is 5.88 Å². The number of Topliss-reactive ketones (excluding diaryl/α,β-unsaturated/α-hetero) is 1. The van der Waals surface area contributed by atoms with Crippen molar-refractivity contribution in [2.45, 2.75) is 44.6 Å². The summed E-state index contributed by atoms with van der Waals surface area (Å²) in [4.78, 5) is 22.6. The predicted molar refractivity (Wildman–Crippen MR) is 107 cm³/mol. The fourth-order valence-corrected chi connectivity index (χ4v) is 3.96. The van der Waals surface area contributed by atoms with E-state index in [9.17, 15) is 4.79 Å². The lowest BCUT2D eigenvalue weighted by Gasteiger charge is -2.33. The SMILES string of the molecule is CC(=O)c1ccc(N2CCC(Oc3ncccc3C3CCOCC3)CC2)nc1. The number of piperidine rings is 1. The maximum atomic E-state index is 11.4. The van der Waals surface area contributed by atoms with Crippen LogP contribution in [-0.2, 0) is 4.74 Å². The van der Waals surface area contributed by atoms with E-state index in [4.69, 9.17) is 9.47 Å². The molecular formula is C22H27N3O3. The Bertz CT molecular complexity index is 795. The van der Waals surface area contributed by atoms with Crippen molar-refractivity contribution >= 4 is 11.6 Å². The van der Waals surface area contributed by atoms with Gasteiger partial charge in [0.1, 0.15) is 11.9 Å². The van der Waals surface area contributed by atoms with E-state index in [0.29, 0.717) is 11.5 Å². The molecule has 0 spiro atoms. The molecule has 0 unspecified atom stereocenters. The van der Waals surface area contributed by atoms with Crippen LogP contribution < -0.4 is 9.64 Å². The van der Waals surface area contributed by atoms with E-state index in [1.165, 1.54) is 5.56 Å². The fraction of sp³-hybridized carbons (Fsp3) is 0.500. The summed E-state index contributed by atoms with van der Waals surface area (Å²) in [6, 6.07) is 7.92. The van der Waals surface area contributed by atoms with Crippen LogP contribution in [0.2, 0.25) is 0 Å². The third kappa shape index (κ3) is 4.33. The normalized spacial score (nSPS) is 18.8. The molecule has 0 aromatic carbocycles. The quantitative estimate of drug-likeness (QED) is 0.737. The highest BCUT2D eigenvalue weighted by Crippen LogP contribution is 2.33. The summed E-state index contributed by atoms with van der Waals surface area (Å²) >= 11 is 0. The summed E-state index contributed by atoms with van der Waals surface area (Å²) in [5.41, 5.74) is 1.87. The van der Waals surface area contributed by atoms with E-state index >= 15 is 0 Å². The van der Waals surface area contributed by atoms with Crippen LogP contribution in [0.15, 0.2) is 36.7 Å². The standard InChI is InChI=1S/C22H27N3O3/c1-16(26)18-4-5-21(24-15-18)25-11-6-19(7-12-25)28-22-20(3-2-10-23-22)17-8-13-27-14-9-17/h2-5,10,15,17,19H,6-9,11-14H2,1H3. The number of ether oxygens (including phenoxy) is 2. The highest BCUT2D eigenvalue weighted by atomic mass is 16.5. The molecule has 2 aromatic rings. The highest BCUT2D eigenvalue weighted by molar-refractivity contribution is 5.93. The molecular weight excluding hydrogens is 354 g/mol. The van der Waals surface area contributed by atoms with Crippen LogP contribution in [-0.4, -0.2) is 48.2 Å². The van der Waals surface area contributed by atoms with Gasteiger partial charge in [0.15, 0.2) is 5.78 Å². The Balaban J connectivity index is 1.36. The minimum absolute atomic E-state index is 0.0434. The van der Waals surface area contributed by atoms with Crippen molar-refractivity contribution in [2.75, 3.05) is 31.2 Å². The number of aromatic nitrogens is 2. The molecule has 6 heteroatoms. The van der Waals surface area contributed by atoms with Crippen LogP contribution in [0.4, 0.5) is 5.82 Å². The van der Waals surface area contributed by atoms with Gasteiger partial charge < -0.3 is 14.4 Å². The molecule has 0 aliphatic carbocycles. The Morgan fingerprint density at radius 1 is 1.11 bits per heavy atom. The molecule has 2 aromatic heterocycles. The third-order valence-electron chi connectivity index (χ3n) is 5.66. The molecule has 2 aliphatic heterocycles. The topological polar surface area (TPSA) is 64.6 Å². The summed E-state index contributed by atoms with van der Waals surface area (Å²) in [5, 5.41) is 0. The lowest BCUT2D eigenvalue weighted by atomic mass is 9.92. The first-order chi connectivity index (χ1) is 13.7. The van der Waals surface area contributed by atoms with Crippen molar-refractivity contribution in [2.24, 2.45) is 0 Å². The fourth-order valence-electron chi connectivity index (χ4n) is 3.96. The Morgan fingerprint density at radius 2 is 1.89 bits per heavy atom. The number of rotatable bonds is 5. The molecule has 2 aliphatic rings. The van der Waals surface area contributed by atoms with E-state index in [2.05, 4.69) is 20.9 Å². The van der Waals surface area contributed by atoms with E-state index in [1.54, 1.807) is 13.1 Å². The van der Waals surface area contributed by atoms with Crippen LogP contribution in [0.5, 0.6) is 5.88 Å². The Morgan fingerprint density at radius 3 is 2.57 bits per heavy atom. The number of hydrogen-bond acceptors (Lipinski definition) is 6. The van der Waals surface area contributed by atoms with Gasteiger partial charge in [-0.3, -0.25) is 4.79 Å². The Kier molecular flexibility index (Phi) is 5.86. The van der Waals surface area contributed by atoms with Gasteiger partial charge in [0, 0.05) is 62.7 Å². The number of carbonyl (C=O) groups is 1. The van der Waals surface area contributed by atoms with Crippen LogP contribution >= 0.6 is 0 Å². The van der Waals surface area contributed by atoms with Gasteiger partial charge in [0.25, 0.3) is 0 Å². The minimum Gasteiger partial charge on any atom is -0.474 e. The van der Waals surface area contributed by atoms with Gasteiger partial charge >= 0.3 is 0 Å². The van der Waals surface area contributed by atoms with Gasteiger partial charge in [-0.05, 0) is 43.9 Å². The van der Waals surface area contributed by atoms with E-state index in [0.717, 1.165) is 63.7 Å². The predicted octanol–water partition coefficient (Wildman–Crippen LogP) is 3.62. The van der Waals surface area contributed by atoms with Crippen molar-refractivity contribution in [3.05, 3.63) is 47.8 Å². The second-order valence-electron chi connectivity index (χ2n) is 7.55. The monoisotopic (exact) mass is 381 g/mol. The molecule has 0 atom stereocenters. The lowest BCUT2D eigenvalue weighted by Crippen LogP contribution is -2.39. The van der Waals surface area contributed by atoms with Gasteiger partial charge in [-0.2, -0.15) is 0 Å². The maximum Gasteiger partial charge on any atom is 0.217 e. The first kappa shape index (κ1) is 18.9. The van der Waals surface area contributed by atoms with Crippen molar-refractivity contribution in [1.82, 2.24) is 9.97 Å². The van der Waals surface area contributed by atoms with Gasteiger partial charge in [-0.1, -0.05) is 6.07 Å². The Labute approximate surface area is 165 Å². The molecule has 0 amide bonds. The van der Waals surface area contributed by atoms with Crippen LogP contribution in [0.1, 0.15) is 54.4 Å². The zero-order valence-electron chi connectivity index (χ0n) is 16.3. The van der Waals surface area contributed by atoms with Gasteiger partial charge in [0.05, 0.1) is 0 Å². The second-order valence-corrected chi connectivity index (χ2v) is 7.55. The van der Waals surface area contributed by atoms with Crippen LogP contribution in [0, 0.1) is 0 Å². The zero-order valence-corrected chi connectivity index (χ0v) is 16.3. The second kappa shape index (κ2) is 8.69. The molecule has 0 N–H and O–H groups in total. The van der Waals surface area contributed by atoms with E-state index < -0.39 is 0 Å². The molecule has 6 nitrogen and oxygen atoms in total. The first-order valence-corrected chi connectivity index (χ1v) is 10.1. The summed E-state index contributed by atoms with van der Waals surface area (Å²) < 4.78 is 11.8. The molecule has 148 valence electrons. The number of hydrogen-bond donors (Lipinski definition) is 0. The molecule has 4 rings (SSSR count). The molecule has 4 heterocycles. The van der Waals surface area contributed by atoms with Gasteiger partial charge in [-0.25, -0.2) is 9.97 Å². The van der Waals surface area contributed by atoms with Crippen molar-refractivity contribution in [3.63, 3.8) is 0 Å². The number of anilines is 1. The number of pyridine rings is 2. The minimum atomic E-state index is 0.0434. The molecule has 2 saturated heterocycles. The van der Waals surface area contributed by atoms with Crippen LogP contribution in [0.25, 0.3) is 0 Å². The summed E-state index contributed by atoms with van der Waals surface area (Å²) in [7, 11) is 0. The summed E-state index contributed by atoms with van der Waals surface area (Å²) in [6.45, 7) is 4.96. The Hall–Kier alpha value is -2.47. The average Bonchev–Trinajstić information content (AvgIpc) is 2.75. The number of carbonyl (C=O) groups excluding carboxylic acids is 1. The number of nitrogens with zero attached hydrogens (tertiary/aromatic N) is 3. The van der Waals surface area contributed by atoms with E-state index in [-0.39, 0.29) is 11.9 Å². The highest BCUT2D eigenvalue weighted by Gasteiger charge is 2.25. The summed E-state index contributed by atoms with van der Waals surface area (Å²) in [5.74, 6) is 2.23. The van der Waals surface area contributed by atoms with Crippen LogP contribution in [0.3, 0.4) is 0 Å². The smallest absolute Gasteiger partial charge is 0.217 e. The third-order valence-corrected chi connectivity index (χ3v) is 5.66. The first-order valence-electron chi connectivity index (χ1n) is 10.1. The molecule has 2 fully saturated rings. The van der Waals surface area contributed by atoms with E-state index in [1.807, 2.05) is 24.4 Å². The zero-order chi connectivity index (χ0) is 19.3. The maximum absolute atomic E-state index is 11.4. The molecule has 0 bridgehead atoms. The molecule has 0 saturated carbocycles.